The fraction of sp³-hybridized carbons (Fsp3) is 0.769. The summed E-state index contributed by atoms with van der Waals surface area (Å²) in [5.41, 5.74) is 7.05. The van der Waals surface area contributed by atoms with Gasteiger partial charge < -0.3 is 10.5 Å². The summed E-state index contributed by atoms with van der Waals surface area (Å²) in [5.74, 6) is 0.632. The van der Waals surface area contributed by atoms with Gasteiger partial charge in [-0.25, -0.2) is 0 Å². The van der Waals surface area contributed by atoms with E-state index in [1.807, 2.05) is 26.4 Å². The largest absolute Gasteiger partial charge is 0.369 e. The lowest BCUT2D eigenvalue weighted by molar-refractivity contribution is -0.0237. The van der Waals surface area contributed by atoms with Crippen molar-refractivity contribution in [3.63, 3.8) is 0 Å². The summed E-state index contributed by atoms with van der Waals surface area (Å²) in [4.78, 5) is 0. The van der Waals surface area contributed by atoms with Gasteiger partial charge in [0, 0.05) is 24.8 Å². The fourth-order valence-electron chi connectivity index (χ4n) is 2.06. The molecule has 1 heterocycles. The number of aryl methyl sites for hydroxylation is 1. The molecule has 4 nitrogen and oxygen atoms in total. The molecule has 0 radical (unpaired) electrons. The van der Waals surface area contributed by atoms with Crippen LogP contribution in [0.1, 0.15) is 45.8 Å². The molecular weight excluding hydrogens is 214 g/mol. The lowest BCUT2D eigenvalue weighted by Gasteiger charge is -2.25. The van der Waals surface area contributed by atoms with Crippen LogP contribution in [0, 0.1) is 5.92 Å². The van der Waals surface area contributed by atoms with Gasteiger partial charge in [0.15, 0.2) is 0 Å². The summed E-state index contributed by atoms with van der Waals surface area (Å²) < 4.78 is 7.82. The molecule has 0 aliphatic carbocycles. The molecule has 4 heteroatoms. The van der Waals surface area contributed by atoms with Crippen molar-refractivity contribution >= 4 is 0 Å². The Labute approximate surface area is 104 Å². The van der Waals surface area contributed by atoms with Crippen molar-refractivity contribution in [2.45, 2.75) is 52.4 Å². The second-order valence-corrected chi connectivity index (χ2v) is 5.30. The summed E-state index contributed by atoms with van der Waals surface area (Å²) in [7, 11) is 1.90. The zero-order valence-electron chi connectivity index (χ0n) is 11.6. The first kappa shape index (κ1) is 14.2. The van der Waals surface area contributed by atoms with Crippen LogP contribution in [0.2, 0.25) is 0 Å². The molecule has 3 atom stereocenters. The topological polar surface area (TPSA) is 53.1 Å². The first-order valence-electron chi connectivity index (χ1n) is 6.29. The van der Waals surface area contributed by atoms with Crippen LogP contribution in [0.5, 0.6) is 0 Å². The van der Waals surface area contributed by atoms with E-state index >= 15 is 0 Å². The van der Waals surface area contributed by atoms with Gasteiger partial charge in [0.05, 0.1) is 12.3 Å². The average molecular weight is 239 g/mol. The Morgan fingerprint density at radius 1 is 1.35 bits per heavy atom. The predicted octanol–water partition coefficient (Wildman–Crippen LogP) is 2.26. The number of ether oxygens (including phenoxy) is 1. The maximum Gasteiger partial charge on any atom is 0.101 e. The van der Waals surface area contributed by atoms with E-state index < -0.39 is 0 Å². The van der Waals surface area contributed by atoms with Crippen LogP contribution in [-0.2, 0) is 11.8 Å². The van der Waals surface area contributed by atoms with Crippen LogP contribution in [-0.4, -0.2) is 21.9 Å². The van der Waals surface area contributed by atoms with Crippen LogP contribution in [0.3, 0.4) is 0 Å². The summed E-state index contributed by atoms with van der Waals surface area (Å²) >= 11 is 0. The first-order chi connectivity index (χ1) is 7.90. The van der Waals surface area contributed by atoms with E-state index in [0.717, 1.165) is 12.0 Å². The third-order valence-corrected chi connectivity index (χ3v) is 2.71. The monoisotopic (exact) mass is 239 g/mol. The molecule has 0 amide bonds. The summed E-state index contributed by atoms with van der Waals surface area (Å²) in [6.07, 6.45) is 4.99. The number of nitrogens with two attached hydrogens (primary N) is 1. The average Bonchev–Trinajstić information content (AvgIpc) is 2.59. The van der Waals surface area contributed by atoms with Crippen LogP contribution in [0.15, 0.2) is 12.4 Å². The molecule has 0 spiro atoms. The number of hydrogen-bond acceptors (Lipinski definition) is 3. The Kier molecular flexibility index (Phi) is 5.15. The zero-order chi connectivity index (χ0) is 13.0. The smallest absolute Gasteiger partial charge is 0.101 e. The quantitative estimate of drug-likeness (QED) is 0.828. The molecule has 3 unspecified atom stereocenters. The van der Waals surface area contributed by atoms with Crippen molar-refractivity contribution in [1.29, 1.82) is 0 Å². The third kappa shape index (κ3) is 4.48. The van der Waals surface area contributed by atoms with Crippen molar-refractivity contribution in [1.82, 2.24) is 9.78 Å². The van der Waals surface area contributed by atoms with Crippen molar-refractivity contribution in [3.05, 3.63) is 18.0 Å². The van der Waals surface area contributed by atoms with Gasteiger partial charge in [-0.3, -0.25) is 4.68 Å². The molecular formula is C13H25N3O. The van der Waals surface area contributed by atoms with Gasteiger partial charge in [-0.05, 0) is 26.2 Å². The maximum absolute atomic E-state index is 6.04. The Morgan fingerprint density at radius 2 is 2.00 bits per heavy atom. The van der Waals surface area contributed by atoms with Crippen molar-refractivity contribution < 1.29 is 4.74 Å². The standard InChI is InChI=1S/C13H25N3O/c1-9(2)6-10(3)17-13(11(4)14)12-7-15-16(5)8-12/h7-11,13H,6,14H2,1-5H3. The van der Waals surface area contributed by atoms with E-state index in [0.29, 0.717) is 5.92 Å². The van der Waals surface area contributed by atoms with Crippen LogP contribution < -0.4 is 5.73 Å². The van der Waals surface area contributed by atoms with Gasteiger partial charge in [0.2, 0.25) is 0 Å². The van der Waals surface area contributed by atoms with E-state index in [4.69, 9.17) is 10.5 Å². The highest BCUT2D eigenvalue weighted by Gasteiger charge is 2.21. The van der Waals surface area contributed by atoms with Gasteiger partial charge in [-0.15, -0.1) is 0 Å². The maximum atomic E-state index is 6.04. The molecule has 0 saturated carbocycles. The molecule has 0 aromatic carbocycles. The minimum Gasteiger partial charge on any atom is -0.369 e. The molecule has 0 fully saturated rings. The van der Waals surface area contributed by atoms with E-state index in [1.54, 1.807) is 4.68 Å². The molecule has 98 valence electrons. The fourth-order valence-corrected chi connectivity index (χ4v) is 2.06. The third-order valence-electron chi connectivity index (χ3n) is 2.71. The van der Waals surface area contributed by atoms with E-state index in [2.05, 4.69) is 25.9 Å². The Hall–Kier alpha value is -0.870. The summed E-state index contributed by atoms with van der Waals surface area (Å²) in [6, 6.07) is -0.0335. The van der Waals surface area contributed by atoms with Gasteiger partial charge in [-0.2, -0.15) is 5.10 Å². The Bertz CT molecular complexity index is 333. The van der Waals surface area contributed by atoms with Crippen molar-refractivity contribution in [2.75, 3.05) is 0 Å². The van der Waals surface area contributed by atoms with Gasteiger partial charge in [-0.1, -0.05) is 13.8 Å². The molecule has 17 heavy (non-hydrogen) atoms. The first-order valence-corrected chi connectivity index (χ1v) is 6.29. The summed E-state index contributed by atoms with van der Waals surface area (Å²) in [5, 5.41) is 4.17. The number of hydrogen-bond donors (Lipinski definition) is 1. The molecule has 1 aromatic heterocycles. The normalized spacial score (nSPS) is 17.1. The highest BCUT2D eigenvalue weighted by Crippen LogP contribution is 2.23. The van der Waals surface area contributed by atoms with Crippen LogP contribution in [0.4, 0.5) is 0 Å². The molecule has 0 bridgehead atoms. The molecule has 0 saturated heterocycles. The van der Waals surface area contributed by atoms with E-state index in [1.165, 1.54) is 0 Å². The molecule has 0 aliphatic heterocycles. The molecule has 2 N–H and O–H groups in total. The SMILES string of the molecule is CC(C)CC(C)OC(c1cnn(C)c1)C(C)N. The molecule has 1 rings (SSSR count). The van der Waals surface area contributed by atoms with E-state index in [-0.39, 0.29) is 18.2 Å². The zero-order valence-corrected chi connectivity index (χ0v) is 11.6. The van der Waals surface area contributed by atoms with Crippen molar-refractivity contribution in [3.8, 4) is 0 Å². The highest BCUT2D eigenvalue weighted by atomic mass is 16.5. The second kappa shape index (κ2) is 6.17. The minimum atomic E-state index is -0.0718. The number of rotatable bonds is 6. The lowest BCUT2D eigenvalue weighted by Crippen LogP contribution is -2.29. The lowest BCUT2D eigenvalue weighted by atomic mass is 10.0. The number of aromatic nitrogens is 2. The predicted molar refractivity (Wildman–Crippen MR) is 69.6 cm³/mol. The number of nitrogens with zero attached hydrogens (tertiary/aromatic N) is 2. The van der Waals surface area contributed by atoms with Gasteiger partial charge >= 0.3 is 0 Å². The second-order valence-electron chi connectivity index (χ2n) is 5.30. The highest BCUT2D eigenvalue weighted by molar-refractivity contribution is 5.10. The minimum absolute atomic E-state index is 0.0335. The van der Waals surface area contributed by atoms with Crippen LogP contribution >= 0.6 is 0 Å². The molecule has 1 aromatic rings. The molecule has 0 aliphatic rings. The Balaban J connectivity index is 2.67. The van der Waals surface area contributed by atoms with Crippen molar-refractivity contribution in [2.24, 2.45) is 18.7 Å². The Morgan fingerprint density at radius 3 is 2.41 bits per heavy atom. The van der Waals surface area contributed by atoms with Gasteiger partial charge in [0.25, 0.3) is 0 Å². The van der Waals surface area contributed by atoms with Gasteiger partial charge in [0.1, 0.15) is 6.10 Å². The summed E-state index contributed by atoms with van der Waals surface area (Å²) in [6.45, 7) is 8.47. The van der Waals surface area contributed by atoms with E-state index in [9.17, 15) is 0 Å². The van der Waals surface area contributed by atoms with Crippen LogP contribution in [0.25, 0.3) is 0 Å².